The number of amidine groups is 1. The second-order valence-corrected chi connectivity index (χ2v) is 8.51. The molecule has 0 spiro atoms. The molecule has 1 aromatic rings. The molecule has 1 aliphatic carbocycles. The van der Waals surface area contributed by atoms with Crippen LogP contribution in [0.2, 0.25) is 0 Å². The molecule has 0 unspecified atom stereocenters. The van der Waals surface area contributed by atoms with Crippen LogP contribution in [-0.4, -0.2) is 62.1 Å². The number of rotatable bonds is 4. The highest BCUT2D eigenvalue weighted by molar-refractivity contribution is 6.12. The van der Waals surface area contributed by atoms with Crippen LogP contribution in [0.3, 0.4) is 0 Å². The Morgan fingerprint density at radius 3 is 2.77 bits per heavy atom. The molecule has 1 saturated carbocycles. The summed E-state index contributed by atoms with van der Waals surface area (Å²) in [5.41, 5.74) is 5.89. The smallest absolute Gasteiger partial charge is 0.124 e. The largest absolute Gasteiger partial charge is 0.372 e. The molecule has 1 aromatic carbocycles. The molecule has 3 rings (SSSR count). The molecule has 31 heavy (non-hydrogen) atoms. The Bertz CT molecular complexity index is 889. The van der Waals surface area contributed by atoms with Gasteiger partial charge in [-0.1, -0.05) is 30.9 Å². The van der Waals surface area contributed by atoms with Crippen LogP contribution in [0.5, 0.6) is 0 Å². The molecular formula is C26H37N5. The van der Waals surface area contributed by atoms with Crippen LogP contribution in [0.1, 0.15) is 37.8 Å². The summed E-state index contributed by atoms with van der Waals surface area (Å²) >= 11 is 0. The third kappa shape index (κ3) is 6.66. The van der Waals surface area contributed by atoms with Crippen molar-refractivity contribution in [2.24, 2.45) is 15.9 Å². The molecule has 0 radical (unpaired) electrons. The summed E-state index contributed by atoms with van der Waals surface area (Å²) in [5, 5.41) is 3.52. The second kappa shape index (κ2) is 11.1. The lowest BCUT2D eigenvalue weighted by Gasteiger charge is -2.29. The molecule has 0 atom stereocenters. The van der Waals surface area contributed by atoms with Crippen LogP contribution in [0.15, 0.2) is 64.4 Å². The highest BCUT2D eigenvalue weighted by atomic mass is 15.2. The zero-order valence-electron chi connectivity index (χ0n) is 19.6. The number of aliphatic imine (C=N–C) groups is 2. The SMILES string of the molecule is C=C(C1CC1)N1CCN=C(/C=C\C)N/C(C)=C(/C=NC)c2cccc(c2)CN(C)CC1. The predicted octanol–water partition coefficient (Wildman–Crippen LogP) is 4.35. The maximum Gasteiger partial charge on any atom is 0.124 e. The van der Waals surface area contributed by atoms with Gasteiger partial charge in [0.2, 0.25) is 0 Å². The van der Waals surface area contributed by atoms with Gasteiger partial charge in [0.15, 0.2) is 0 Å². The van der Waals surface area contributed by atoms with E-state index < -0.39 is 0 Å². The van der Waals surface area contributed by atoms with Crippen LogP contribution in [0.4, 0.5) is 0 Å². The number of hydrogen-bond acceptors (Lipinski definition) is 5. The molecule has 0 aromatic heterocycles. The van der Waals surface area contributed by atoms with Gasteiger partial charge in [-0.05, 0) is 62.9 Å². The predicted molar refractivity (Wildman–Crippen MR) is 133 cm³/mol. The lowest BCUT2D eigenvalue weighted by atomic mass is 10.0. The van der Waals surface area contributed by atoms with Crippen molar-refractivity contribution in [1.29, 1.82) is 0 Å². The van der Waals surface area contributed by atoms with Gasteiger partial charge in [-0.3, -0.25) is 9.98 Å². The molecule has 0 saturated heterocycles. The lowest BCUT2D eigenvalue weighted by molar-refractivity contribution is 0.254. The fourth-order valence-corrected chi connectivity index (χ4v) is 3.95. The van der Waals surface area contributed by atoms with Crippen molar-refractivity contribution >= 4 is 17.6 Å². The van der Waals surface area contributed by atoms with E-state index in [4.69, 9.17) is 4.99 Å². The quantitative estimate of drug-likeness (QED) is 0.738. The van der Waals surface area contributed by atoms with Crippen molar-refractivity contribution in [3.8, 4) is 0 Å². The lowest BCUT2D eigenvalue weighted by Crippen LogP contribution is -2.34. The normalized spacial score (nSPS) is 22.2. The number of likely N-dealkylation sites (N-methyl/N-ethyl adjacent to an activating group) is 1. The van der Waals surface area contributed by atoms with Crippen molar-refractivity contribution in [3.05, 3.63) is 65.5 Å². The number of nitrogens with zero attached hydrogens (tertiary/aromatic N) is 4. The standard InChI is InChI=1S/C26H37N5/c1-6-8-26-28-13-14-31(21(3)23-11-12-23)16-15-30(5)19-22-9-7-10-24(17-22)25(18-27-4)20(2)29-26/h6-10,17-18,23H,3,11-16,19H2,1-2,4-5H3,(H,28,29)/b8-6-,25-20-,27-18?. The van der Waals surface area contributed by atoms with Gasteiger partial charge < -0.3 is 15.1 Å². The first-order valence-corrected chi connectivity index (χ1v) is 11.3. The van der Waals surface area contributed by atoms with E-state index in [1.165, 1.54) is 29.7 Å². The second-order valence-electron chi connectivity index (χ2n) is 8.51. The first-order valence-electron chi connectivity index (χ1n) is 11.3. The zero-order chi connectivity index (χ0) is 22.2. The summed E-state index contributed by atoms with van der Waals surface area (Å²) < 4.78 is 0. The van der Waals surface area contributed by atoms with E-state index in [0.717, 1.165) is 49.8 Å². The summed E-state index contributed by atoms with van der Waals surface area (Å²) in [7, 11) is 4.01. The van der Waals surface area contributed by atoms with Crippen LogP contribution in [0.25, 0.3) is 5.57 Å². The van der Waals surface area contributed by atoms with Crippen molar-refractivity contribution in [2.75, 3.05) is 40.3 Å². The third-order valence-corrected chi connectivity index (χ3v) is 5.85. The maximum absolute atomic E-state index is 4.88. The van der Waals surface area contributed by atoms with Crippen LogP contribution in [0, 0.1) is 5.92 Å². The van der Waals surface area contributed by atoms with Gasteiger partial charge in [-0.15, -0.1) is 0 Å². The molecule has 1 fully saturated rings. The van der Waals surface area contributed by atoms with E-state index in [1.54, 1.807) is 0 Å². The molecular weight excluding hydrogens is 382 g/mol. The Hall–Kier alpha value is -2.66. The number of allylic oxidation sites excluding steroid dienone is 4. The number of nitrogens with one attached hydrogen (secondary N) is 1. The Balaban J connectivity index is 1.96. The minimum atomic E-state index is 0.669. The first-order chi connectivity index (χ1) is 15.0. The highest BCUT2D eigenvalue weighted by Crippen LogP contribution is 2.37. The van der Waals surface area contributed by atoms with E-state index >= 15 is 0 Å². The summed E-state index contributed by atoms with van der Waals surface area (Å²) in [6, 6.07) is 8.76. The Labute approximate surface area is 188 Å². The topological polar surface area (TPSA) is 43.2 Å². The van der Waals surface area contributed by atoms with Gasteiger partial charge in [0.05, 0.1) is 6.54 Å². The first kappa shape index (κ1) is 23.0. The average Bonchev–Trinajstić information content (AvgIpc) is 3.59. The average molecular weight is 420 g/mol. The van der Waals surface area contributed by atoms with Crippen molar-refractivity contribution < 1.29 is 0 Å². The molecule has 1 N–H and O–H groups in total. The number of fused-ring (bicyclic) bond motifs is 2. The van der Waals surface area contributed by atoms with Gasteiger partial charge in [-0.25, -0.2) is 0 Å². The maximum atomic E-state index is 4.88. The summed E-state index contributed by atoms with van der Waals surface area (Å²) in [6.07, 6.45) is 8.54. The molecule has 5 heteroatoms. The van der Waals surface area contributed by atoms with E-state index in [0.29, 0.717) is 5.92 Å². The minimum absolute atomic E-state index is 0.669. The van der Waals surface area contributed by atoms with Crippen molar-refractivity contribution in [2.45, 2.75) is 33.2 Å². The summed E-state index contributed by atoms with van der Waals surface area (Å²) in [4.78, 5) is 14.0. The third-order valence-electron chi connectivity index (χ3n) is 5.85. The number of benzene rings is 1. The molecule has 2 bridgehead atoms. The van der Waals surface area contributed by atoms with Gasteiger partial charge in [-0.2, -0.15) is 0 Å². The molecule has 1 heterocycles. The van der Waals surface area contributed by atoms with Crippen molar-refractivity contribution in [3.63, 3.8) is 0 Å². The molecule has 166 valence electrons. The Morgan fingerprint density at radius 1 is 1.26 bits per heavy atom. The van der Waals surface area contributed by atoms with Gasteiger partial charge >= 0.3 is 0 Å². The molecule has 5 nitrogen and oxygen atoms in total. The fraction of sp³-hybridized carbons (Fsp3) is 0.462. The highest BCUT2D eigenvalue weighted by Gasteiger charge is 2.28. The fourth-order valence-electron chi connectivity index (χ4n) is 3.95. The van der Waals surface area contributed by atoms with Crippen LogP contribution in [-0.2, 0) is 6.54 Å². The van der Waals surface area contributed by atoms with E-state index in [-0.39, 0.29) is 0 Å². The van der Waals surface area contributed by atoms with E-state index in [1.807, 2.05) is 32.3 Å². The monoisotopic (exact) mass is 419 g/mol. The Kier molecular flexibility index (Phi) is 8.24. The van der Waals surface area contributed by atoms with E-state index in [9.17, 15) is 0 Å². The molecule has 2 aliphatic rings. The van der Waals surface area contributed by atoms with Crippen LogP contribution >= 0.6 is 0 Å². The van der Waals surface area contributed by atoms with Gasteiger partial charge in [0.25, 0.3) is 0 Å². The van der Waals surface area contributed by atoms with Gasteiger partial charge in [0.1, 0.15) is 5.84 Å². The van der Waals surface area contributed by atoms with Gasteiger partial charge in [0, 0.05) is 56.4 Å². The minimum Gasteiger partial charge on any atom is -0.372 e. The van der Waals surface area contributed by atoms with Crippen molar-refractivity contribution in [1.82, 2.24) is 15.1 Å². The molecule has 1 aliphatic heterocycles. The summed E-state index contributed by atoms with van der Waals surface area (Å²) in [5.74, 6) is 1.55. The zero-order valence-corrected chi connectivity index (χ0v) is 19.6. The number of hydrogen-bond donors (Lipinski definition) is 1. The van der Waals surface area contributed by atoms with Crippen LogP contribution < -0.4 is 5.32 Å². The summed E-state index contributed by atoms with van der Waals surface area (Å²) in [6.45, 7) is 13.1. The van der Waals surface area contributed by atoms with E-state index in [2.05, 4.69) is 64.9 Å². The molecule has 0 amide bonds. The Morgan fingerprint density at radius 2 is 2.06 bits per heavy atom.